The maximum Gasteiger partial charge on any atom is 0.416 e. The number of halogens is 4. The molecule has 4 rings (SSSR count). The fourth-order valence-corrected chi connectivity index (χ4v) is 4.73. The van der Waals surface area contributed by atoms with E-state index in [2.05, 4.69) is 4.72 Å². The van der Waals surface area contributed by atoms with Crippen molar-refractivity contribution in [2.75, 3.05) is 0 Å². The van der Waals surface area contributed by atoms with Gasteiger partial charge in [-0.2, -0.15) is 13.2 Å². The summed E-state index contributed by atoms with van der Waals surface area (Å²) in [6.07, 6.45) is -1.68. The minimum absolute atomic E-state index is 0.113. The van der Waals surface area contributed by atoms with Crippen LogP contribution in [-0.2, 0) is 28.4 Å². The van der Waals surface area contributed by atoms with Crippen LogP contribution in [0.2, 0.25) is 5.02 Å². The number of fused-ring (bicyclic) bond motifs is 1. The molecule has 28 heavy (non-hydrogen) atoms. The minimum atomic E-state index is -4.48. The first-order valence-corrected chi connectivity index (χ1v) is 9.86. The number of alkyl halides is 3. The molecule has 0 aromatic heterocycles. The number of rotatable bonds is 3. The summed E-state index contributed by atoms with van der Waals surface area (Å²) in [7, 11) is -1.52. The number of hydrogen-bond donors (Lipinski definition) is 1. The molecule has 0 fully saturated rings. The quantitative estimate of drug-likeness (QED) is 0.761. The molecule has 9 heteroatoms. The summed E-state index contributed by atoms with van der Waals surface area (Å²) >= 11 is 5.94. The summed E-state index contributed by atoms with van der Waals surface area (Å²) in [5.74, 6) is 0.0903. The maximum absolute atomic E-state index is 12.7. The van der Waals surface area contributed by atoms with Gasteiger partial charge in [0.05, 0.1) is 15.5 Å². The number of benzene rings is 2. The summed E-state index contributed by atoms with van der Waals surface area (Å²) in [6, 6.07) is 8.21. The molecule has 1 N–H and O–H groups in total. The van der Waals surface area contributed by atoms with Crippen LogP contribution in [-0.4, -0.2) is 10.1 Å². The topological polar surface area (TPSA) is 55.4 Å². The molecule has 2 atom stereocenters. The molecule has 1 aliphatic heterocycles. The van der Waals surface area contributed by atoms with Gasteiger partial charge >= 0.3 is 6.18 Å². The highest BCUT2D eigenvalue weighted by atomic mass is 35.5. The number of allylic oxidation sites excluding steroid dienone is 1. The van der Waals surface area contributed by atoms with Crippen molar-refractivity contribution in [3.63, 3.8) is 0 Å². The van der Waals surface area contributed by atoms with Crippen LogP contribution in [0.3, 0.4) is 0 Å². The highest BCUT2D eigenvalue weighted by Crippen LogP contribution is 2.42. The van der Waals surface area contributed by atoms with Gasteiger partial charge in [0.25, 0.3) is 5.91 Å². The average molecular weight is 428 g/mol. The van der Waals surface area contributed by atoms with Crippen LogP contribution in [0.15, 0.2) is 47.4 Å². The standard InChI is InChI=1S/C19H13ClF3NO3S/c20-15-8-11(19(21,22)23)2-6-16(15)27-12-3-5-13-10(7-12)1-4-14(13)17-9-18(25)24-28(17)26/h2-3,5-9,14H,1,4H2,(H,24,25). The van der Waals surface area contributed by atoms with Crippen molar-refractivity contribution in [1.82, 2.24) is 4.72 Å². The lowest BCUT2D eigenvalue weighted by atomic mass is 10.0. The molecular formula is C19H13ClF3NO3S. The summed E-state index contributed by atoms with van der Waals surface area (Å²) in [5.41, 5.74) is 1.09. The Hall–Kier alpha value is -2.32. The van der Waals surface area contributed by atoms with Gasteiger partial charge in [0.15, 0.2) is 0 Å². The Kier molecular flexibility index (Phi) is 4.71. The molecular weight excluding hydrogens is 415 g/mol. The monoisotopic (exact) mass is 427 g/mol. The molecule has 0 saturated carbocycles. The van der Waals surface area contributed by atoms with Crippen LogP contribution >= 0.6 is 11.6 Å². The van der Waals surface area contributed by atoms with Crippen LogP contribution in [0.25, 0.3) is 0 Å². The maximum atomic E-state index is 12.7. The third-order valence-corrected chi connectivity index (χ3v) is 6.22. The molecule has 0 radical (unpaired) electrons. The molecule has 2 aliphatic rings. The molecule has 0 bridgehead atoms. The van der Waals surface area contributed by atoms with Gasteiger partial charge in [-0.05, 0) is 54.3 Å². The lowest BCUT2D eigenvalue weighted by Gasteiger charge is -2.14. The molecule has 146 valence electrons. The van der Waals surface area contributed by atoms with E-state index in [-0.39, 0.29) is 22.6 Å². The Morgan fingerprint density at radius 3 is 2.61 bits per heavy atom. The Morgan fingerprint density at radius 2 is 1.96 bits per heavy atom. The predicted molar refractivity (Wildman–Crippen MR) is 98.4 cm³/mol. The van der Waals surface area contributed by atoms with E-state index in [0.717, 1.165) is 23.3 Å². The number of ether oxygens (including phenoxy) is 1. The summed E-state index contributed by atoms with van der Waals surface area (Å²) in [5, 5.41) is -0.135. The van der Waals surface area contributed by atoms with Gasteiger partial charge in [0.1, 0.15) is 22.5 Å². The largest absolute Gasteiger partial charge is 0.456 e. The van der Waals surface area contributed by atoms with Crippen molar-refractivity contribution in [3.8, 4) is 11.5 Å². The van der Waals surface area contributed by atoms with E-state index in [0.29, 0.717) is 23.5 Å². The van der Waals surface area contributed by atoms with Crippen molar-refractivity contribution < 1.29 is 26.9 Å². The number of carbonyl (C=O) groups is 1. The van der Waals surface area contributed by atoms with Crippen LogP contribution in [0, 0.1) is 0 Å². The second kappa shape index (κ2) is 6.93. The second-order valence-corrected chi connectivity index (χ2v) is 8.10. The molecule has 1 aliphatic carbocycles. The van der Waals surface area contributed by atoms with Gasteiger partial charge in [-0.1, -0.05) is 17.7 Å². The molecule has 2 aromatic rings. The first-order valence-electron chi connectivity index (χ1n) is 8.34. The zero-order valence-electron chi connectivity index (χ0n) is 14.2. The lowest BCUT2D eigenvalue weighted by molar-refractivity contribution is -0.137. The van der Waals surface area contributed by atoms with E-state index in [1.165, 1.54) is 12.1 Å². The average Bonchev–Trinajstić information content (AvgIpc) is 3.17. The minimum Gasteiger partial charge on any atom is -0.456 e. The van der Waals surface area contributed by atoms with Crippen molar-refractivity contribution >= 4 is 28.5 Å². The fourth-order valence-electron chi connectivity index (χ4n) is 3.43. The fraction of sp³-hybridized carbons (Fsp3) is 0.211. The van der Waals surface area contributed by atoms with E-state index in [4.69, 9.17) is 16.3 Å². The number of aryl methyl sites for hydroxylation is 1. The van der Waals surface area contributed by atoms with Crippen molar-refractivity contribution in [3.05, 3.63) is 69.1 Å². The number of carbonyl (C=O) groups excluding carboxylic acids is 1. The molecule has 0 saturated heterocycles. The van der Waals surface area contributed by atoms with Crippen LogP contribution < -0.4 is 9.46 Å². The van der Waals surface area contributed by atoms with Gasteiger partial charge in [0.2, 0.25) is 0 Å². The molecule has 0 spiro atoms. The molecule has 2 unspecified atom stereocenters. The first kappa shape index (κ1) is 19.0. The van der Waals surface area contributed by atoms with E-state index < -0.39 is 22.7 Å². The zero-order valence-corrected chi connectivity index (χ0v) is 15.8. The summed E-state index contributed by atoms with van der Waals surface area (Å²) < 4.78 is 58.3. The van der Waals surface area contributed by atoms with Gasteiger partial charge in [-0.3, -0.25) is 9.52 Å². The lowest BCUT2D eigenvalue weighted by Crippen LogP contribution is -2.17. The summed E-state index contributed by atoms with van der Waals surface area (Å²) in [6.45, 7) is 0. The van der Waals surface area contributed by atoms with E-state index >= 15 is 0 Å². The molecule has 1 heterocycles. The first-order chi connectivity index (χ1) is 13.2. The third-order valence-electron chi connectivity index (χ3n) is 4.70. The van der Waals surface area contributed by atoms with E-state index in [1.807, 2.05) is 6.07 Å². The smallest absolute Gasteiger partial charge is 0.416 e. The van der Waals surface area contributed by atoms with Crippen LogP contribution in [0.1, 0.15) is 29.0 Å². The number of amides is 1. The SMILES string of the molecule is O=C1C=C(C2CCc3cc(Oc4ccc(C(F)(F)F)cc4Cl)ccc32)S(=O)N1. The Bertz CT molecular complexity index is 1040. The normalized spacial score (nSPS) is 21.3. The van der Waals surface area contributed by atoms with E-state index in [9.17, 15) is 22.2 Å². The summed E-state index contributed by atoms with van der Waals surface area (Å²) in [4.78, 5) is 12.0. The second-order valence-electron chi connectivity index (χ2n) is 6.48. The van der Waals surface area contributed by atoms with Gasteiger partial charge < -0.3 is 4.74 Å². The van der Waals surface area contributed by atoms with Crippen molar-refractivity contribution in [2.24, 2.45) is 0 Å². The number of hydrogen-bond acceptors (Lipinski definition) is 3. The Balaban J connectivity index is 1.57. The number of nitrogens with one attached hydrogen (secondary N) is 1. The van der Waals surface area contributed by atoms with Crippen molar-refractivity contribution in [1.29, 1.82) is 0 Å². The van der Waals surface area contributed by atoms with Gasteiger partial charge in [-0.15, -0.1) is 0 Å². The van der Waals surface area contributed by atoms with Crippen LogP contribution in [0.5, 0.6) is 11.5 Å². The molecule has 1 amide bonds. The third kappa shape index (κ3) is 3.54. The predicted octanol–water partition coefficient (Wildman–Crippen LogP) is 4.86. The Morgan fingerprint density at radius 1 is 1.18 bits per heavy atom. The zero-order chi connectivity index (χ0) is 20.1. The highest BCUT2D eigenvalue weighted by molar-refractivity contribution is 7.88. The highest BCUT2D eigenvalue weighted by Gasteiger charge is 2.33. The molecule has 4 nitrogen and oxygen atoms in total. The van der Waals surface area contributed by atoms with E-state index in [1.54, 1.807) is 12.1 Å². The van der Waals surface area contributed by atoms with Gasteiger partial charge in [0, 0.05) is 12.0 Å². The van der Waals surface area contributed by atoms with Gasteiger partial charge in [-0.25, -0.2) is 4.21 Å². The van der Waals surface area contributed by atoms with Crippen LogP contribution in [0.4, 0.5) is 13.2 Å². The molecule has 2 aromatic carbocycles. The Labute approximate surface area is 165 Å². The van der Waals surface area contributed by atoms with Crippen molar-refractivity contribution in [2.45, 2.75) is 24.9 Å².